The Balaban J connectivity index is 0.000000394. The third-order valence-corrected chi connectivity index (χ3v) is 9.60. The van der Waals surface area contributed by atoms with E-state index in [2.05, 4.69) is 96.3 Å². The van der Waals surface area contributed by atoms with Crippen molar-refractivity contribution in [1.82, 2.24) is 4.98 Å². The summed E-state index contributed by atoms with van der Waals surface area (Å²) in [5.74, 6) is 1.45. The Hall–Kier alpha value is -2.51. The number of aromatic nitrogens is 1. The van der Waals surface area contributed by atoms with Gasteiger partial charge in [0, 0.05) is 33.3 Å². The molecule has 1 saturated carbocycles. The van der Waals surface area contributed by atoms with Gasteiger partial charge in [0.05, 0.1) is 5.76 Å². The van der Waals surface area contributed by atoms with E-state index in [0.717, 1.165) is 17.2 Å². The van der Waals surface area contributed by atoms with Crippen molar-refractivity contribution in [1.29, 1.82) is 0 Å². The van der Waals surface area contributed by atoms with Crippen molar-refractivity contribution < 1.29 is 31.0 Å². The van der Waals surface area contributed by atoms with E-state index in [1.54, 1.807) is 0 Å². The van der Waals surface area contributed by atoms with E-state index in [0.29, 0.717) is 11.3 Å². The van der Waals surface area contributed by atoms with Crippen LogP contribution in [0.3, 0.4) is 0 Å². The summed E-state index contributed by atoms with van der Waals surface area (Å²) in [4.78, 5) is 15.0. The van der Waals surface area contributed by atoms with Crippen LogP contribution in [-0.2, 0) is 43.1 Å². The number of fused-ring (bicyclic) bond motifs is 2. The first-order valence-electron chi connectivity index (χ1n) is 13.8. The maximum Gasteiger partial charge on any atom is 0.155 e. The molecule has 4 aliphatic rings. The Kier molecular flexibility index (Phi) is 7.67. The first kappa shape index (κ1) is 29.5. The van der Waals surface area contributed by atoms with Gasteiger partial charge in [-0.25, -0.2) is 0 Å². The van der Waals surface area contributed by atoms with Crippen LogP contribution >= 0.6 is 0 Å². The molecule has 4 aliphatic carbocycles. The minimum Gasteiger partial charge on any atom is -0.512 e. The van der Waals surface area contributed by atoms with Crippen LogP contribution in [0, 0.1) is 17.4 Å². The average molecular weight is 702 g/mol. The van der Waals surface area contributed by atoms with Gasteiger partial charge in [-0.1, -0.05) is 71.9 Å². The molecule has 0 spiro atoms. The zero-order chi connectivity index (χ0) is 27.6. The van der Waals surface area contributed by atoms with Crippen molar-refractivity contribution in [2.45, 2.75) is 85.0 Å². The Labute approximate surface area is 248 Å². The van der Waals surface area contributed by atoms with Gasteiger partial charge in [-0.3, -0.25) is 4.79 Å². The van der Waals surface area contributed by atoms with E-state index in [1.807, 2.05) is 0 Å². The maximum absolute atomic E-state index is 10.0. The van der Waals surface area contributed by atoms with E-state index in [-0.39, 0.29) is 43.4 Å². The number of carbonyl (C=O) groups excluding carboxylic acids is 1. The number of rotatable bonds is 2. The molecule has 208 valence electrons. The molecule has 3 aromatic rings. The van der Waals surface area contributed by atoms with Crippen molar-refractivity contribution in [3.8, 4) is 11.3 Å². The normalized spacial score (nSPS) is 22.4. The zero-order valence-electron chi connectivity index (χ0n) is 24.4. The summed E-state index contributed by atoms with van der Waals surface area (Å²) < 4.78 is 0. The minimum atomic E-state index is -0.125. The number of allylic oxidation sites excluding steroid dienone is 2. The third-order valence-electron chi connectivity index (χ3n) is 9.60. The van der Waals surface area contributed by atoms with Gasteiger partial charge in [0.1, 0.15) is 0 Å². The topological polar surface area (TPSA) is 50.2 Å². The van der Waals surface area contributed by atoms with Gasteiger partial charge >= 0.3 is 0 Å². The zero-order valence-corrected chi connectivity index (χ0v) is 26.7. The predicted molar refractivity (Wildman–Crippen MR) is 155 cm³/mol. The van der Waals surface area contributed by atoms with Crippen LogP contribution in [-0.4, -0.2) is 15.9 Å². The largest absolute Gasteiger partial charge is 0.512 e. The summed E-state index contributed by atoms with van der Waals surface area (Å²) >= 11 is 0. The van der Waals surface area contributed by atoms with Gasteiger partial charge in [0.15, 0.2) is 5.78 Å². The Morgan fingerprint density at radius 2 is 1.59 bits per heavy atom. The number of hydrogen-bond donors (Lipinski definition) is 1. The molecule has 0 aliphatic heterocycles. The molecule has 3 nitrogen and oxygen atoms in total. The fourth-order valence-corrected chi connectivity index (χ4v) is 7.13. The van der Waals surface area contributed by atoms with Crippen LogP contribution in [0.4, 0.5) is 0 Å². The Morgan fingerprint density at radius 3 is 2.13 bits per heavy atom. The summed E-state index contributed by atoms with van der Waals surface area (Å²) in [6.07, 6.45) is 5.88. The number of aliphatic hydroxyl groups is 1. The van der Waals surface area contributed by atoms with Crippen LogP contribution in [0.5, 0.6) is 0 Å². The molecule has 0 amide bonds. The van der Waals surface area contributed by atoms with Gasteiger partial charge < -0.3 is 10.1 Å². The number of nitrogens with zero attached hydrogens (tertiary/aromatic N) is 1. The molecule has 1 fully saturated rings. The van der Waals surface area contributed by atoms with Crippen molar-refractivity contribution in [2.75, 3.05) is 0 Å². The standard InChI is InChI=1S/C30H32N.C5H8O2.Pt/c1-28(2)20-13-19-15-27(31-17-21(19)25(28)16-20)18-11-12-24-26(14-18)30(5,6)23-10-8-7-9-22(23)29(24,3)4;1-4(6)3-5(2)7;/h7-10,12,14-15,17,20,25H,13,16H2,1-6H3;3,6H,1-2H3;/q-1;;/b;4-3-;. The molecule has 0 saturated heterocycles. The molecule has 1 heterocycles. The number of carbonyl (C=O) groups is 1. The molecule has 0 radical (unpaired) electrons. The molecule has 2 bridgehead atoms. The van der Waals surface area contributed by atoms with Gasteiger partial charge in [0.2, 0.25) is 0 Å². The summed E-state index contributed by atoms with van der Waals surface area (Å²) in [5, 5.41) is 8.36. The van der Waals surface area contributed by atoms with Gasteiger partial charge in [-0.2, -0.15) is 0 Å². The summed E-state index contributed by atoms with van der Waals surface area (Å²) in [6.45, 7) is 17.1. The molecule has 1 N–H and O–H groups in total. The number of pyridine rings is 1. The average Bonchev–Trinajstić information content (AvgIpc) is 2.86. The molecular formula is C35H40NO2Pt-. The molecule has 4 heteroatoms. The fourth-order valence-electron chi connectivity index (χ4n) is 7.13. The van der Waals surface area contributed by atoms with E-state index in [1.165, 1.54) is 66.1 Å². The van der Waals surface area contributed by atoms with Gasteiger partial charge in [0.25, 0.3) is 0 Å². The van der Waals surface area contributed by atoms with Crippen LogP contribution in [0.1, 0.15) is 101 Å². The summed E-state index contributed by atoms with van der Waals surface area (Å²) in [6, 6.07) is 19.5. The van der Waals surface area contributed by atoms with E-state index in [4.69, 9.17) is 10.1 Å². The van der Waals surface area contributed by atoms with E-state index < -0.39 is 0 Å². The molecule has 2 atom stereocenters. The number of hydrogen-bond acceptors (Lipinski definition) is 3. The number of benzene rings is 2. The van der Waals surface area contributed by atoms with E-state index in [9.17, 15) is 4.79 Å². The monoisotopic (exact) mass is 701 g/mol. The van der Waals surface area contributed by atoms with Crippen molar-refractivity contribution in [3.05, 3.63) is 99.9 Å². The quantitative estimate of drug-likeness (QED) is 0.167. The van der Waals surface area contributed by atoms with Crippen LogP contribution in [0.15, 0.2) is 60.5 Å². The molecular weight excluding hydrogens is 661 g/mol. The molecule has 39 heavy (non-hydrogen) atoms. The minimum absolute atomic E-state index is 0. The Bertz CT molecular complexity index is 1460. The third kappa shape index (κ3) is 4.86. The molecule has 2 aromatic carbocycles. The van der Waals surface area contributed by atoms with Crippen molar-refractivity contribution in [3.63, 3.8) is 0 Å². The van der Waals surface area contributed by atoms with Crippen molar-refractivity contribution in [2.24, 2.45) is 11.3 Å². The maximum atomic E-state index is 10.0. The first-order valence-corrected chi connectivity index (χ1v) is 13.8. The second kappa shape index (κ2) is 10.2. The molecule has 2 unspecified atom stereocenters. The number of aliphatic hydroxyl groups excluding tert-OH is 1. The Morgan fingerprint density at radius 1 is 0.974 bits per heavy atom. The van der Waals surface area contributed by atoms with Gasteiger partial charge in [-0.15, -0.1) is 34.9 Å². The van der Waals surface area contributed by atoms with Crippen LogP contribution in [0.2, 0.25) is 0 Å². The van der Waals surface area contributed by atoms with Crippen LogP contribution in [0.25, 0.3) is 11.3 Å². The van der Waals surface area contributed by atoms with Gasteiger partial charge in [-0.05, 0) is 82.7 Å². The first-order chi connectivity index (χ1) is 17.7. The van der Waals surface area contributed by atoms with E-state index >= 15 is 0 Å². The van der Waals surface area contributed by atoms with Crippen LogP contribution < -0.4 is 0 Å². The second-order valence-electron chi connectivity index (χ2n) is 13.1. The fraction of sp³-hybridized carbons (Fsp3) is 0.429. The predicted octanol–water partition coefficient (Wildman–Crippen LogP) is 8.23. The van der Waals surface area contributed by atoms with Crippen molar-refractivity contribution >= 4 is 5.78 Å². The SMILES string of the molecule is CC(=O)/C=C(/C)O.CC1(C)c2c[c-]c(-c3cc4c(cn3)C3CC(C4)C3(C)C)cc2C(C)(C)c2ccccc21.[Pt]. The second-order valence-corrected chi connectivity index (χ2v) is 13.1. The summed E-state index contributed by atoms with van der Waals surface area (Å²) in [7, 11) is 0. The smallest absolute Gasteiger partial charge is 0.155 e. The summed E-state index contributed by atoms with van der Waals surface area (Å²) in [5.41, 5.74) is 11.3. The number of ketones is 1. The molecule has 7 rings (SSSR count). The molecule has 1 aromatic heterocycles.